The van der Waals surface area contributed by atoms with Crippen molar-refractivity contribution >= 4 is 0 Å². The van der Waals surface area contributed by atoms with Crippen molar-refractivity contribution in [2.45, 2.75) is 52.6 Å². The molecule has 3 heteroatoms. The van der Waals surface area contributed by atoms with Gasteiger partial charge in [-0.15, -0.1) is 0 Å². The summed E-state index contributed by atoms with van der Waals surface area (Å²) in [5, 5.41) is 11.6. The van der Waals surface area contributed by atoms with E-state index < -0.39 is 11.7 Å². The zero-order chi connectivity index (χ0) is 18.5. The second-order valence-corrected chi connectivity index (χ2v) is 7.15. The van der Waals surface area contributed by atoms with E-state index in [1.54, 1.807) is 0 Å². The molecule has 3 nitrogen and oxygen atoms in total. The lowest BCUT2D eigenvalue weighted by atomic mass is 9.82. The van der Waals surface area contributed by atoms with Gasteiger partial charge < -0.3 is 14.6 Å². The number of ether oxygens (including phenoxy) is 2. The molecular weight excluding hydrogens is 312 g/mol. The van der Waals surface area contributed by atoms with Crippen LogP contribution in [-0.2, 0) is 15.1 Å². The normalized spacial score (nSPS) is 20.7. The molecule has 0 amide bonds. The summed E-state index contributed by atoms with van der Waals surface area (Å²) in [5.41, 5.74) is 0.259. The fourth-order valence-electron chi connectivity index (χ4n) is 3.00. The van der Waals surface area contributed by atoms with E-state index in [9.17, 15) is 5.11 Å². The highest BCUT2D eigenvalue weighted by atomic mass is 16.7. The van der Waals surface area contributed by atoms with Gasteiger partial charge in [-0.25, -0.2) is 0 Å². The van der Waals surface area contributed by atoms with Crippen molar-refractivity contribution in [3.63, 3.8) is 0 Å². The van der Waals surface area contributed by atoms with Gasteiger partial charge in [0.15, 0.2) is 6.29 Å². The van der Waals surface area contributed by atoms with Gasteiger partial charge in [0, 0.05) is 5.41 Å². The van der Waals surface area contributed by atoms with Gasteiger partial charge in [-0.1, -0.05) is 95.3 Å². The van der Waals surface area contributed by atoms with Crippen molar-refractivity contribution in [3.8, 4) is 0 Å². The van der Waals surface area contributed by atoms with Crippen LogP contribution in [0.15, 0.2) is 60.7 Å². The molecule has 0 saturated carbocycles. The van der Waals surface area contributed by atoms with Crippen LogP contribution in [0.25, 0.3) is 0 Å². The van der Waals surface area contributed by atoms with Gasteiger partial charge in [0.05, 0.1) is 6.61 Å². The Bertz CT molecular complexity index is 592. The van der Waals surface area contributed by atoms with Crippen LogP contribution in [0.2, 0.25) is 0 Å². The van der Waals surface area contributed by atoms with Crippen molar-refractivity contribution < 1.29 is 14.6 Å². The first-order valence-electron chi connectivity index (χ1n) is 9.03. The summed E-state index contributed by atoms with van der Waals surface area (Å²) in [7, 11) is 0. The van der Waals surface area contributed by atoms with Crippen LogP contribution in [0.3, 0.4) is 0 Å². The zero-order valence-electron chi connectivity index (χ0n) is 15.9. The summed E-state index contributed by atoms with van der Waals surface area (Å²) in [6.07, 6.45) is -0.775. The predicted molar refractivity (Wildman–Crippen MR) is 101 cm³/mol. The molecular formula is C22H30O3. The first kappa shape index (κ1) is 19.6. The summed E-state index contributed by atoms with van der Waals surface area (Å²) in [4.78, 5) is 0. The third-order valence-electron chi connectivity index (χ3n) is 4.29. The van der Waals surface area contributed by atoms with E-state index in [-0.39, 0.29) is 11.7 Å². The number of benzene rings is 2. The molecule has 1 aliphatic heterocycles. The van der Waals surface area contributed by atoms with Gasteiger partial charge >= 0.3 is 0 Å². The van der Waals surface area contributed by atoms with Crippen LogP contribution >= 0.6 is 0 Å². The number of hydrogen-bond donors (Lipinski definition) is 1. The molecule has 0 aromatic heterocycles. The quantitative estimate of drug-likeness (QED) is 0.876. The topological polar surface area (TPSA) is 38.7 Å². The Morgan fingerprint density at radius 3 is 1.64 bits per heavy atom. The summed E-state index contributed by atoms with van der Waals surface area (Å²) < 4.78 is 12.0. The predicted octanol–water partition coefficient (Wildman–Crippen LogP) is 4.74. The number of aliphatic hydroxyl groups is 1. The van der Waals surface area contributed by atoms with Crippen molar-refractivity contribution in [3.05, 3.63) is 71.8 Å². The van der Waals surface area contributed by atoms with E-state index in [0.717, 1.165) is 11.1 Å². The van der Waals surface area contributed by atoms with Gasteiger partial charge in [0.2, 0.25) is 0 Å². The van der Waals surface area contributed by atoms with Crippen molar-refractivity contribution in [1.29, 1.82) is 0 Å². The molecule has 0 bridgehead atoms. The maximum Gasteiger partial charge on any atom is 0.163 e. The molecule has 136 valence electrons. The van der Waals surface area contributed by atoms with E-state index in [1.165, 1.54) is 0 Å². The Balaban J connectivity index is 0.00000109. The Hall–Kier alpha value is -1.68. The Labute approximate surface area is 151 Å². The first-order valence-corrected chi connectivity index (χ1v) is 9.03. The van der Waals surface area contributed by atoms with Crippen molar-refractivity contribution in [2.24, 2.45) is 5.41 Å². The number of hydrogen-bond acceptors (Lipinski definition) is 3. The Kier molecular flexibility index (Phi) is 6.39. The molecule has 25 heavy (non-hydrogen) atoms. The van der Waals surface area contributed by atoms with Crippen LogP contribution in [0.5, 0.6) is 0 Å². The van der Waals surface area contributed by atoms with Gasteiger partial charge in [0.1, 0.15) is 11.7 Å². The molecule has 1 saturated heterocycles. The highest BCUT2D eigenvalue weighted by Crippen LogP contribution is 2.40. The standard InChI is InChI=1S/C20H24O3.C2H6/c1-19(2,3)18-22-14-17(23-18)20(21,15-10-6-4-7-11-15)16-12-8-5-9-13-16;1-2/h4-13,17-18,21H,14H2,1-3H3;1-2H3. The molecule has 1 N–H and O–H groups in total. The largest absolute Gasteiger partial charge is 0.378 e. The zero-order valence-corrected chi connectivity index (χ0v) is 15.9. The third-order valence-corrected chi connectivity index (χ3v) is 4.29. The minimum Gasteiger partial charge on any atom is -0.378 e. The van der Waals surface area contributed by atoms with Gasteiger partial charge in [-0.2, -0.15) is 0 Å². The summed E-state index contributed by atoms with van der Waals surface area (Å²) in [6.45, 7) is 10.6. The van der Waals surface area contributed by atoms with E-state index in [2.05, 4.69) is 20.8 Å². The molecule has 1 fully saturated rings. The SMILES string of the molecule is CC.CC(C)(C)C1OCC(C(O)(c2ccccc2)c2ccccc2)O1. The molecule has 0 radical (unpaired) electrons. The molecule has 1 heterocycles. The van der Waals surface area contributed by atoms with E-state index >= 15 is 0 Å². The van der Waals surface area contributed by atoms with Crippen LogP contribution < -0.4 is 0 Å². The van der Waals surface area contributed by atoms with Crippen LogP contribution in [0.1, 0.15) is 45.7 Å². The maximum atomic E-state index is 11.6. The average molecular weight is 342 g/mol. The highest BCUT2D eigenvalue weighted by molar-refractivity contribution is 5.37. The second-order valence-electron chi connectivity index (χ2n) is 7.15. The molecule has 2 aromatic rings. The third kappa shape index (κ3) is 4.12. The second kappa shape index (κ2) is 8.13. The van der Waals surface area contributed by atoms with Gasteiger partial charge in [-0.05, 0) is 11.1 Å². The smallest absolute Gasteiger partial charge is 0.163 e. The minimum absolute atomic E-state index is 0.136. The fourth-order valence-corrected chi connectivity index (χ4v) is 3.00. The molecule has 3 rings (SSSR count). The summed E-state index contributed by atoms with van der Waals surface area (Å²) in [6, 6.07) is 19.3. The lowest BCUT2D eigenvalue weighted by Crippen LogP contribution is -2.43. The summed E-state index contributed by atoms with van der Waals surface area (Å²) >= 11 is 0. The fraction of sp³-hybridized carbons (Fsp3) is 0.455. The summed E-state index contributed by atoms with van der Waals surface area (Å²) in [5.74, 6) is 0. The Morgan fingerprint density at radius 1 is 0.840 bits per heavy atom. The van der Waals surface area contributed by atoms with Gasteiger partial charge in [0.25, 0.3) is 0 Å². The van der Waals surface area contributed by atoms with Crippen molar-refractivity contribution in [2.75, 3.05) is 6.61 Å². The maximum absolute atomic E-state index is 11.6. The van der Waals surface area contributed by atoms with Crippen LogP contribution in [0.4, 0.5) is 0 Å². The van der Waals surface area contributed by atoms with E-state index in [1.807, 2.05) is 74.5 Å². The number of rotatable bonds is 3. The molecule has 1 aliphatic rings. The van der Waals surface area contributed by atoms with Crippen LogP contribution in [0, 0.1) is 5.41 Å². The highest BCUT2D eigenvalue weighted by Gasteiger charge is 2.48. The van der Waals surface area contributed by atoms with Crippen LogP contribution in [-0.4, -0.2) is 24.1 Å². The lowest BCUT2D eigenvalue weighted by Gasteiger charge is -2.35. The minimum atomic E-state index is -1.23. The molecule has 2 atom stereocenters. The van der Waals surface area contributed by atoms with E-state index in [0.29, 0.717) is 6.61 Å². The molecule has 2 aromatic carbocycles. The van der Waals surface area contributed by atoms with E-state index in [4.69, 9.17) is 9.47 Å². The molecule has 0 aliphatic carbocycles. The Morgan fingerprint density at radius 2 is 1.28 bits per heavy atom. The van der Waals surface area contributed by atoms with Crippen molar-refractivity contribution in [1.82, 2.24) is 0 Å². The first-order chi connectivity index (χ1) is 11.9. The molecule has 2 unspecified atom stereocenters. The monoisotopic (exact) mass is 342 g/mol. The average Bonchev–Trinajstić information content (AvgIpc) is 3.15. The lowest BCUT2D eigenvalue weighted by molar-refractivity contribution is -0.150. The van der Waals surface area contributed by atoms with Gasteiger partial charge in [-0.3, -0.25) is 0 Å². The molecule has 0 spiro atoms.